The standard InChI is InChI=1S/C12H17BrN2O2S2/c1-12(2,3)7-19(16,17)15-10-6-8(13)4-5-9(10)11(14)18/h4-6,15H,7H2,1-3H3,(H2,14,18). The van der Waals surface area contributed by atoms with E-state index in [0.717, 1.165) is 4.47 Å². The van der Waals surface area contributed by atoms with Crippen LogP contribution in [0.5, 0.6) is 0 Å². The highest BCUT2D eigenvalue weighted by atomic mass is 79.9. The van der Waals surface area contributed by atoms with Gasteiger partial charge in [0, 0.05) is 10.0 Å². The summed E-state index contributed by atoms with van der Waals surface area (Å²) in [7, 11) is -3.45. The van der Waals surface area contributed by atoms with Crippen LogP contribution in [0.3, 0.4) is 0 Å². The molecule has 0 radical (unpaired) electrons. The number of sulfonamides is 1. The second-order valence-electron chi connectivity index (χ2n) is 5.48. The van der Waals surface area contributed by atoms with E-state index in [-0.39, 0.29) is 16.2 Å². The maximum absolute atomic E-state index is 12.1. The summed E-state index contributed by atoms with van der Waals surface area (Å²) in [6.45, 7) is 5.59. The zero-order valence-corrected chi connectivity index (χ0v) is 14.2. The van der Waals surface area contributed by atoms with E-state index in [0.29, 0.717) is 11.3 Å². The first-order valence-corrected chi connectivity index (χ1v) is 8.45. The molecular weight excluding hydrogens is 348 g/mol. The predicted molar refractivity (Wildman–Crippen MR) is 86.9 cm³/mol. The van der Waals surface area contributed by atoms with Crippen LogP contribution in [-0.4, -0.2) is 19.2 Å². The lowest BCUT2D eigenvalue weighted by Gasteiger charge is -2.19. The van der Waals surface area contributed by atoms with Crippen molar-refractivity contribution < 1.29 is 8.42 Å². The van der Waals surface area contributed by atoms with Gasteiger partial charge in [-0.2, -0.15) is 0 Å². The van der Waals surface area contributed by atoms with Crippen molar-refractivity contribution in [3.8, 4) is 0 Å². The molecule has 1 rings (SSSR count). The fourth-order valence-electron chi connectivity index (χ4n) is 1.59. The molecule has 106 valence electrons. The van der Waals surface area contributed by atoms with E-state index in [1.165, 1.54) is 0 Å². The maximum atomic E-state index is 12.1. The molecule has 0 spiro atoms. The van der Waals surface area contributed by atoms with Crippen molar-refractivity contribution >= 4 is 48.8 Å². The van der Waals surface area contributed by atoms with Crippen molar-refractivity contribution in [2.24, 2.45) is 11.1 Å². The molecule has 0 saturated carbocycles. The predicted octanol–water partition coefficient (Wildman–Crippen LogP) is 2.87. The Morgan fingerprint density at radius 1 is 1.42 bits per heavy atom. The van der Waals surface area contributed by atoms with Gasteiger partial charge in [-0.3, -0.25) is 4.72 Å². The number of nitrogens with one attached hydrogen (secondary N) is 1. The third kappa shape index (κ3) is 5.46. The average Bonchev–Trinajstić information content (AvgIpc) is 2.11. The summed E-state index contributed by atoms with van der Waals surface area (Å²) in [4.78, 5) is 0.154. The Morgan fingerprint density at radius 2 is 2.00 bits per heavy atom. The minimum atomic E-state index is -3.45. The molecule has 0 aliphatic rings. The van der Waals surface area contributed by atoms with Gasteiger partial charge in [-0.05, 0) is 23.6 Å². The smallest absolute Gasteiger partial charge is 0.233 e. The van der Waals surface area contributed by atoms with Gasteiger partial charge in [0.2, 0.25) is 10.0 Å². The molecule has 0 saturated heterocycles. The molecule has 0 heterocycles. The molecule has 0 unspecified atom stereocenters. The number of hydrogen-bond donors (Lipinski definition) is 2. The van der Waals surface area contributed by atoms with Crippen LogP contribution in [0.25, 0.3) is 0 Å². The van der Waals surface area contributed by atoms with Gasteiger partial charge in [0.05, 0.1) is 11.4 Å². The first-order valence-electron chi connectivity index (χ1n) is 5.60. The summed E-state index contributed by atoms with van der Waals surface area (Å²) in [5.41, 5.74) is 6.16. The van der Waals surface area contributed by atoms with Gasteiger partial charge < -0.3 is 5.73 Å². The number of hydrogen-bond acceptors (Lipinski definition) is 3. The van der Waals surface area contributed by atoms with Crippen LogP contribution in [0.2, 0.25) is 0 Å². The fourth-order valence-corrected chi connectivity index (χ4v) is 3.84. The molecular formula is C12H17BrN2O2S2. The van der Waals surface area contributed by atoms with E-state index < -0.39 is 10.0 Å². The van der Waals surface area contributed by atoms with Crippen molar-refractivity contribution in [2.45, 2.75) is 20.8 Å². The highest BCUT2D eigenvalue weighted by Crippen LogP contribution is 2.24. The Morgan fingerprint density at radius 3 is 2.47 bits per heavy atom. The van der Waals surface area contributed by atoms with E-state index in [4.69, 9.17) is 18.0 Å². The van der Waals surface area contributed by atoms with E-state index in [1.54, 1.807) is 18.2 Å². The Kier molecular flexibility index (Phi) is 4.97. The number of nitrogens with two attached hydrogens (primary N) is 1. The summed E-state index contributed by atoms with van der Waals surface area (Å²) in [6, 6.07) is 5.09. The molecule has 3 N–H and O–H groups in total. The van der Waals surface area contributed by atoms with Gasteiger partial charge in [-0.1, -0.05) is 48.9 Å². The third-order valence-corrected chi connectivity index (χ3v) is 4.63. The van der Waals surface area contributed by atoms with E-state index in [9.17, 15) is 8.42 Å². The van der Waals surface area contributed by atoms with Crippen LogP contribution in [0.1, 0.15) is 26.3 Å². The number of halogens is 1. The highest BCUT2D eigenvalue weighted by Gasteiger charge is 2.22. The Hall–Kier alpha value is -0.660. The van der Waals surface area contributed by atoms with Gasteiger partial charge in [0.1, 0.15) is 4.99 Å². The minimum absolute atomic E-state index is 0.0171. The summed E-state index contributed by atoms with van der Waals surface area (Å²) in [5, 5.41) is 0. The summed E-state index contributed by atoms with van der Waals surface area (Å²) >= 11 is 8.21. The number of rotatable bonds is 4. The molecule has 0 amide bonds. The van der Waals surface area contributed by atoms with Crippen LogP contribution in [0, 0.1) is 5.41 Å². The average molecular weight is 365 g/mol. The molecule has 0 atom stereocenters. The SMILES string of the molecule is CC(C)(C)CS(=O)(=O)Nc1cc(Br)ccc1C(N)=S. The summed E-state index contributed by atoms with van der Waals surface area (Å²) in [5.74, 6) is 0.0171. The molecule has 0 aromatic heterocycles. The topological polar surface area (TPSA) is 72.2 Å². The van der Waals surface area contributed by atoms with Crippen molar-refractivity contribution in [2.75, 3.05) is 10.5 Å². The van der Waals surface area contributed by atoms with Crippen LogP contribution in [0.4, 0.5) is 5.69 Å². The maximum Gasteiger partial charge on any atom is 0.233 e. The van der Waals surface area contributed by atoms with E-state index >= 15 is 0 Å². The van der Waals surface area contributed by atoms with Crippen molar-refractivity contribution in [3.05, 3.63) is 28.2 Å². The van der Waals surface area contributed by atoms with Gasteiger partial charge in [-0.15, -0.1) is 0 Å². The molecule has 1 aromatic rings. The molecule has 0 bridgehead atoms. The molecule has 0 aliphatic heterocycles. The molecule has 4 nitrogen and oxygen atoms in total. The van der Waals surface area contributed by atoms with E-state index in [2.05, 4.69) is 20.7 Å². The van der Waals surface area contributed by atoms with Crippen LogP contribution in [-0.2, 0) is 10.0 Å². The van der Waals surface area contributed by atoms with Crippen molar-refractivity contribution in [1.82, 2.24) is 0 Å². The zero-order chi connectivity index (χ0) is 14.8. The second-order valence-corrected chi connectivity index (χ2v) is 8.55. The highest BCUT2D eigenvalue weighted by molar-refractivity contribution is 9.10. The minimum Gasteiger partial charge on any atom is -0.389 e. The van der Waals surface area contributed by atoms with Crippen molar-refractivity contribution in [1.29, 1.82) is 0 Å². The van der Waals surface area contributed by atoms with Gasteiger partial charge in [0.15, 0.2) is 0 Å². The van der Waals surface area contributed by atoms with Gasteiger partial charge in [-0.25, -0.2) is 8.42 Å². The monoisotopic (exact) mass is 364 g/mol. The zero-order valence-electron chi connectivity index (χ0n) is 11.0. The number of thiocarbonyl (C=S) groups is 1. The lowest BCUT2D eigenvalue weighted by Crippen LogP contribution is -2.27. The summed E-state index contributed by atoms with van der Waals surface area (Å²) in [6.07, 6.45) is 0. The van der Waals surface area contributed by atoms with E-state index in [1.807, 2.05) is 20.8 Å². The molecule has 0 aliphatic carbocycles. The normalized spacial score (nSPS) is 12.2. The lowest BCUT2D eigenvalue weighted by atomic mass is 10.0. The largest absolute Gasteiger partial charge is 0.389 e. The Labute approximate surface area is 127 Å². The summed E-state index contributed by atoms with van der Waals surface area (Å²) < 4.78 is 27.5. The Bertz CT molecular complexity index is 592. The number of anilines is 1. The van der Waals surface area contributed by atoms with Crippen molar-refractivity contribution in [3.63, 3.8) is 0 Å². The van der Waals surface area contributed by atoms with Gasteiger partial charge >= 0.3 is 0 Å². The van der Waals surface area contributed by atoms with Gasteiger partial charge in [0.25, 0.3) is 0 Å². The Balaban J connectivity index is 3.12. The quantitative estimate of drug-likeness (QED) is 0.805. The molecule has 7 heteroatoms. The molecule has 0 fully saturated rings. The number of benzene rings is 1. The van der Waals surface area contributed by atoms with Crippen LogP contribution < -0.4 is 10.5 Å². The van der Waals surface area contributed by atoms with Crippen LogP contribution in [0.15, 0.2) is 22.7 Å². The second kappa shape index (κ2) is 5.76. The fraction of sp³-hybridized carbons (Fsp3) is 0.417. The first-order chi connectivity index (χ1) is 8.50. The third-order valence-electron chi connectivity index (χ3n) is 2.14. The first kappa shape index (κ1) is 16.4. The molecule has 1 aromatic carbocycles. The molecule has 19 heavy (non-hydrogen) atoms. The van der Waals surface area contributed by atoms with Crippen LogP contribution >= 0.6 is 28.1 Å². The lowest BCUT2D eigenvalue weighted by molar-refractivity contribution is 0.463.